The fourth-order valence-electron chi connectivity index (χ4n) is 1.69. The minimum Gasteiger partial charge on any atom is -0.449 e. The molecule has 8 nitrogen and oxygen atoms in total. The molecule has 0 fully saturated rings. The number of ether oxygens (including phenoxy) is 1. The second-order valence-corrected chi connectivity index (χ2v) is 7.73. The number of hydrogen-bond acceptors (Lipinski definition) is 7. The number of rotatable bonds is 7. The number of sulfonamides is 1. The summed E-state index contributed by atoms with van der Waals surface area (Å²) in [4.78, 5) is 11.6. The summed E-state index contributed by atoms with van der Waals surface area (Å²) in [6.07, 6.45) is 1.16. The van der Waals surface area contributed by atoms with Crippen molar-refractivity contribution in [3.05, 3.63) is 29.3 Å². The molecule has 2 N–H and O–H groups in total. The Morgan fingerprint density at radius 3 is 2.54 bits per heavy atom. The summed E-state index contributed by atoms with van der Waals surface area (Å²) in [5.41, 5.74) is 0.446. The number of amides is 1. The molecule has 2 aromatic rings. The first-order valence-electron chi connectivity index (χ1n) is 7.27. The van der Waals surface area contributed by atoms with Gasteiger partial charge in [0.05, 0.1) is 11.5 Å². The van der Waals surface area contributed by atoms with Gasteiger partial charge < -0.3 is 4.74 Å². The first-order chi connectivity index (χ1) is 11.4. The molecule has 0 bridgehead atoms. The fraction of sp³-hybridized carbons (Fsp3) is 0.357. The molecule has 0 radical (unpaired) electrons. The Kier molecular flexibility index (Phi) is 6.10. The Morgan fingerprint density at radius 1 is 1.25 bits per heavy atom. The van der Waals surface area contributed by atoms with Crippen LogP contribution in [0.4, 0.5) is 15.6 Å². The number of aryl methyl sites for hydroxylation is 1. The van der Waals surface area contributed by atoms with E-state index in [9.17, 15) is 13.2 Å². The first kappa shape index (κ1) is 18.1. The van der Waals surface area contributed by atoms with Crippen LogP contribution in [-0.4, -0.2) is 31.3 Å². The van der Waals surface area contributed by atoms with E-state index in [-0.39, 0.29) is 10.0 Å². The van der Waals surface area contributed by atoms with Gasteiger partial charge in [0, 0.05) is 5.69 Å². The van der Waals surface area contributed by atoms with E-state index in [4.69, 9.17) is 4.74 Å². The van der Waals surface area contributed by atoms with Gasteiger partial charge in [-0.2, -0.15) is 0 Å². The van der Waals surface area contributed by atoms with Gasteiger partial charge in [0.25, 0.3) is 10.0 Å². The molecule has 0 aliphatic carbocycles. The van der Waals surface area contributed by atoms with Crippen molar-refractivity contribution < 1.29 is 17.9 Å². The van der Waals surface area contributed by atoms with Crippen molar-refractivity contribution in [3.8, 4) is 0 Å². The van der Waals surface area contributed by atoms with Crippen molar-refractivity contribution in [3.63, 3.8) is 0 Å². The molecule has 10 heteroatoms. The van der Waals surface area contributed by atoms with Crippen LogP contribution >= 0.6 is 11.3 Å². The average Bonchev–Trinajstić information content (AvgIpc) is 2.92. The monoisotopic (exact) mass is 370 g/mol. The molecule has 0 unspecified atom stereocenters. The maximum Gasteiger partial charge on any atom is 0.411 e. The maximum absolute atomic E-state index is 12.2. The summed E-state index contributed by atoms with van der Waals surface area (Å²) >= 11 is 1.14. The number of aromatic nitrogens is 2. The SMILES string of the molecule is CCCCOC(=O)Nc1ccc(S(=O)(=O)Nc2nnc(C)s2)cc1. The van der Waals surface area contributed by atoms with Crippen LogP contribution in [0.1, 0.15) is 24.8 Å². The molecule has 0 aliphatic heterocycles. The number of unbranched alkanes of at least 4 members (excludes halogenated alkanes) is 1. The Bertz CT molecular complexity index is 787. The van der Waals surface area contributed by atoms with Crippen LogP contribution in [0, 0.1) is 6.92 Å². The maximum atomic E-state index is 12.2. The summed E-state index contributed by atoms with van der Waals surface area (Å²) in [5.74, 6) is 0. The van der Waals surface area contributed by atoms with Crippen molar-refractivity contribution in [2.45, 2.75) is 31.6 Å². The minimum absolute atomic E-state index is 0.0558. The smallest absolute Gasteiger partial charge is 0.411 e. The fourth-order valence-corrected chi connectivity index (χ4v) is 3.51. The van der Waals surface area contributed by atoms with Crippen LogP contribution < -0.4 is 10.0 Å². The van der Waals surface area contributed by atoms with Gasteiger partial charge in [-0.3, -0.25) is 10.0 Å². The highest BCUT2D eigenvalue weighted by molar-refractivity contribution is 7.93. The molecule has 1 aromatic carbocycles. The molecule has 1 aromatic heterocycles. The molecule has 1 amide bonds. The van der Waals surface area contributed by atoms with Crippen molar-refractivity contribution in [1.82, 2.24) is 10.2 Å². The van der Waals surface area contributed by atoms with E-state index in [0.29, 0.717) is 17.3 Å². The number of benzene rings is 1. The molecule has 0 spiro atoms. The van der Waals surface area contributed by atoms with E-state index in [2.05, 4.69) is 20.2 Å². The lowest BCUT2D eigenvalue weighted by Gasteiger charge is -2.08. The zero-order chi connectivity index (χ0) is 17.6. The lowest BCUT2D eigenvalue weighted by atomic mass is 10.3. The quantitative estimate of drug-likeness (QED) is 0.725. The Labute approximate surface area is 144 Å². The summed E-state index contributed by atoms with van der Waals surface area (Å²) in [6, 6.07) is 5.75. The highest BCUT2D eigenvalue weighted by Crippen LogP contribution is 2.20. The van der Waals surface area contributed by atoms with Crippen LogP contribution in [0.25, 0.3) is 0 Å². The number of nitrogens with zero attached hydrogens (tertiary/aromatic N) is 2. The van der Waals surface area contributed by atoms with Gasteiger partial charge in [-0.05, 0) is 37.6 Å². The van der Waals surface area contributed by atoms with Crippen molar-refractivity contribution in [1.29, 1.82) is 0 Å². The Balaban J connectivity index is 1.99. The van der Waals surface area contributed by atoms with Crippen LogP contribution in [0.2, 0.25) is 0 Å². The van der Waals surface area contributed by atoms with Crippen LogP contribution in [0.15, 0.2) is 29.2 Å². The number of nitrogens with one attached hydrogen (secondary N) is 2. The van der Waals surface area contributed by atoms with E-state index in [0.717, 1.165) is 24.2 Å². The minimum atomic E-state index is -3.75. The Morgan fingerprint density at radius 2 is 1.96 bits per heavy atom. The van der Waals surface area contributed by atoms with E-state index in [1.54, 1.807) is 6.92 Å². The molecule has 0 atom stereocenters. The molecule has 0 aliphatic rings. The lowest BCUT2D eigenvalue weighted by molar-refractivity contribution is 0.160. The molecular weight excluding hydrogens is 352 g/mol. The van der Waals surface area contributed by atoms with E-state index < -0.39 is 16.1 Å². The van der Waals surface area contributed by atoms with Crippen LogP contribution in [0.3, 0.4) is 0 Å². The van der Waals surface area contributed by atoms with Crippen LogP contribution in [-0.2, 0) is 14.8 Å². The average molecular weight is 370 g/mol. The second-order valence-electron chi connectivity index (χ2n) is 4.87. The van der Waals surface area contributed by atoms with E-state index >= 15 is 0 Å². The number of carbonyl (C=O) groups is 1. The predicted octanol–water partition coefficient (Wildman–Crippen LogP) is 3.00. The summed E-state index contributed by atoms with van der Waals surface area (Å²) in [7, 11) is -3.75. The summed E-state index contributed by atoms with van der Waals surface area (Å²) in [5, 5.41) is 10.9. The zero-order valence-electron chi connectivity index (χ0n) is 13.3. The third kappa shape index (κ3) is 5.17. The Hall–Kier alpha value is -2.20. The molecule has 1 heterocycles. The van der Waals surface area contributed by atoms with Crippen molar-refractivity contribution >= 4 is 38.3 Å². The number of carbonyl (C=O) groups excluding carboxylic acids is 1. The largest absolute Gasteiger partial charge is 0.449 e. The molecule has 24 heavy (non-hydrogen) atoms. The lowest BCUT2D eigenvalue weighted by Crippen LogP contribution is -2.15. The summed E-state index contributed by atoms with van der Waals surface area (Å²) in [6.45, 7) is 4.08. The summed E-state index contributed by atoms with van der Waals surface area (Å²) < 4.78 is 31.8. The van der Waals surface area contributed by atoms with E-state index in [1.165, 1.54) is 24.3 Å². The van der Waals surface area contributed by atoms with Gasteiger partial charge in [0.2, 0.25) is 5.13 Å². The van der Waals surface area contributed by atoms with Crippen molar-refractivity contribution in [2.75, 3.05) is 16.6 Å². The third-order valence-electron chi connectivity index (χ3n) is 2.89. The number of hydrogen-bond donors (Lipinski definition) is 2. The zero-order valence-corrected chi connectivity index (χ0v) is 14.9. The van der Waals surface area contributed by atoms with E-state index in [1.807, 2.05) is 6.92 Å². The molecule has 130 valence electrons. The van der Waals surface area contributed by atoms with Gasteiger partial charge in [-0.15, -0.1) is 10.2 Å². The molecule has 0 saturated carbocycles. The van der Waals surface area contributed by atoms with Gasteiger partial charge in [-0.1, -0.05) is 24.7 Å². The highest BCUT2D eigenvalue weighted by atomic mass is 32.2. The molecule has 2 rings (SSSR count). The van der Waals surface area contributed by atoms with Gasteiger partial charge in [-0.25, -0.2) is 13.2 Å². The van der Waals surface area contributed by atoms with Crippen LogP contribution in [0.5, 0.6) is 0 Å². The van der Waals surface area contributed by atoms with Gasteiger partial charge in [0.15, 0.2) is 0 Å². The topological polar surface area (TPSA) is 110 Å². The molecule has 0 saturated heterocycles. The van der Waals surface area contributed by atoms with Gasteiger partial charge >= 0.3 is 6.09 Å². The number of anilines is 2. The first-order valence-corrected chi connectivity index (χ1v) is 9.57. The highest BCUT2D eigenvalue weighted by Gasteiger charge is 2.16. The third-order valence-corrected chi connectivity index (χ3v) is 5.13. The standard InChI is InChI=1S/C14H18N4O4S2/c1-3-4-9-22-14(19)15-11-5-7-12(8-6-11)24(20,21)18-13-17-16-10(2)23-13/h5-8H,3-4,9H2,1-2H3,(H,15,19)(H,17,18). The molecular formula is C14H18N4O4S2. The van der Waals surface area contributed by atoms with Crippen molar-refractivity contribution in [2.24, 2.45) is 0 Å². The van der Waals surface area contributed by atoms with Gasteiger partial charge in [0.1, 0.15) is 5.01 Å². The predicted molar refractivity (Wildman–Crippen MR) is 91.8 cm³/mol. The normalized spacial score (nSPS) is 11.1. The second kappa shape index (κ2) is 8.06.